The predicted molar refractivity (Wildman–Crippen MR) is 90.8 cm³/mol. The zero-order valence-electron chi connectivity index (χ0n) is 12.4. The van der Waals surface area contributed by atoms with E-state index < -0.39 is 0 Å². The molecule has 108 valence electrons. The monoisotopic (exact) mass is 344 g/mol. The van der Waals surface area contributed by atoms with Crippen molar-refractivity contribution in [3.05, 3.63) is 33.8 Å². The van der Waals surface area contributed by atoms with Gasteiger partial charge in [-0.1, -0.05) is 35.0 Å². The minimum Gasteiger partial charge on any atom is -0.313 e. The van der Waals surface area contributed by atoms with Gasteiger partial charge in [0.2, 0.25) is 0 Å². The van der Waals surface area contributed by atoms with Gasteiger partial charge < -0.3 is 5.32 Å². The van der Waals surface area contributed by atoms with Crippen molar-refractivity contribution in [2.45, 2.75) is 33.0 Å². The highest BCUT2D eigenvalue weighted by Gasteiger charge is 2.10. The largest absolute Gasteiger partial charge is 0.313 e. The molecule has 1 unspecified atom stereocenters. The third-order valence-electron chi connectivity index (χ3n) is 3.28. The number of halogens is 1. The molecule has 0 spiro atoms. The summed E-state index contributed by atoms with van der Waals surface area (Å²) in [6.45, 7) is 7.35. The molecule has 0 saturated carbocycles. The van der Waals surface area contributed by atoms with E-state index in [1.165, 1.54) is 21.4 Å². The zero-order valence-corrected chi connectivity index (χ0v) is 14.8. The first-order chi connectivity index (χ1) is 9.08. The third kappa shape index (κ3) is 5.86. The lowest BCUT2D eigenvalue weighted by atomic mass is 10.1. The highest BCUT2D eigenvalue weighted by atomic mass is 79.9. The number of hydrogen-bond donors (Lipinski definition) is 1. The van der Waals surface area contributed by atoms with Gasteiger partial charge in [0.1, 0.15) is 0 Å². The van der Waals surface area contributed by atoms with Gasteiger partial charge in [-0.05, 0) is 44.0 Å². The normalized spacial score (nSPS) is 12.9. The van der Waals surface area contributed by atoms with Gasteiger partial charge in [-0.15, -0.1) is 0 Å². The molecule has 0 fully saturated rings. The van der Waals surface area contributed by atoms with Crippen LogP contribution >= 0.6 is 27.7 Å². The fourth-order valence-electron chi connectivity index (χ4n) is 1.89. The Morgan fingerprint density at radius 2 is 2.16 bits per heavy atom. The van der Waals surface area contributed by atoms with Crippen molar-refractivity contribution >= 4 is 27.7 Å². The summed E-state index contributed by atoms with van der Waals surface area (Å²) in [7, 11) is 2.19. The molecule has 0 bridgehead atoms. The molecule has 0 aromatic heterocycles. The number of nitrogens with zero attached hydrogens (tertiary/aromatic N) is 1. The second-order valence-corrected chi connectivity index (χ2v) is 6.69. The average molecular weight is 345 g/mol. The van der Waals surface area contributed by atoms with Crippen LogP contribution in [0, 0.1) is 0 Å². The van der Waals surface area contributed by atoms with E-state index in [1.54, 1.807) is 0 Å². The van der Waals surface area contributed by atoms with Gasteiger partial charge in [0.25, 0.3) is 0 Å². The molecule has 1 rings (SSSR count). The first-order valence-electron chi connectivity index (χ1n) is 6.75. The van der Waals surface area contributed by atoms with E-state index in [-0.39, 0.29) is 0 Å². The molecule has 0 radical (unpaired) electrons. The van der Waals surface area contributed by atoms with Crippen molar-refractivity contribution in [3.8, 4) is 0 Å². The summed E-state index contributed by atoms with van der Waals surface area (Å²) in [5.74, 6) is 1.17. The van der Waals surface area contributed by atoms with E-state index in [0.29, 0.717) is 6.04 Å². The number of nitrogens with one attached hydrogen (secondary N) is 1. The molecular weight excluding hydrogens is 320 g/mol. The van der Waals surface area contributed by atoms with Crippen LogP contribution in [-0.4, -0.2) is 36.5 Å². The summed E-state index contributed by atoms with van der Waals surface area (Å²) >= 11 is 5.60. The topological polar surface area (TPSA) is 15.3 Å². The van der Waals surface area contributed by atoms with E-state index in [2.05, 4.69) is 71.5 Å². The van der Waals surface area contributed by atoms with E-state index in [9.17, 15) is 0 Å². The molecule has 0 heterocycles. The van der Waals surface area contributed by atoms with Crippen LogP contribution in [-0.2, 0) is 13.1 Å². The second kappa shape index (κ2) is 9.01. The number of thioether (sulfide) groups is 1. The second-order valence-electron chi connectivity index (χ2n) is 4.93. The molecule has 1 aromatic carbocycles. The minimum atomic E-state index is 0.600. The zero-order chi connectivity index (χ0) is 14.3. The summed E-state index contributed by atoms with van der Waals surface area (Å²) < 4.78 is 1.21. The van der Waals surface area contributed by atoms with Gasteiger partial charge in [0.15, 0.2) is 0 Å². The van der Waals surface area contributed by atoms with Crippen molar-refractivity contribution in [1.29, 1.82) is 0 Å². The van der Waals surface area contributed by atoms with Crippen LogP contribution in [0.1, 0.15) is 25.0 Å². The molecule has 0 aliphatic rings. The Morgan fingerprint density at radius 1 is 1.42 bits per heavy atom. The summed E-state index contributed by atoms with van der Waals surface area (Å²) in [5.41, 5.74) is 2.69. The number of benzene rings is 1. The summed E-state index contributed by atoms with van der Waals surface area (Å²) in [6, 6.07) is 7.28. The Hall–Kier alpha value is -0.0300. The Balaban J connectivity index is 2.63. The third-order valence-corrected chi connectivity index (χ3v) is 4.83. The Morgan fingerprint density at radius 3 is 2.74 bits per heavy atom. The lowest BCUT2D eigenvalue weighted by Gasteiger charge is -2.24. The molecule has 1 atom stereocenters. The van der Waals surface area contributed by atoms with Gasteiger partial charge in [0, 0.05) is 29.4 Å². The maximum absolute atomic E-state index is 3.70. The lowest BCUT2D eigenvalue weighted by Crippen LogP contribution is -2.30. The van der Waals surface area contributed by atoms with Crippen LogP contribution < -0.4 is 5.32 Å². The SMILES string of the molecule is CCNCc1ccc(CN(C)C(C)CSC)c(Br)c1. The molecule has 4 heteroatoms. The van der Waals surface area contributed by atoms with Crippen LogP contribution in [0.5, 0.6) is 0 Å². The maximum Gasteiger partial charge on any atom is 0.0245 e. The number of hydrogen-bond acceptors (Lipinski definition) is 3. The molecule has 1 aromatic rings. The fraction of sp³-hybridized carbons (Fsp3) is 0.600. The van der Waals surface area contributed by atoms with Crippen LogP contribution in [0.2, 0.25) is 0 Å². The van der Waals surface area contributed by atoms with Gasteiger partial charge in [0.05, 0.1) is 0 Å². The molecule has 0 aliphatic carbocycles. The van der Waals surface area contributed by atoms with Crippen LogP contribution in [0.4, 0.5) is 0 Å². The molecule has 2 nitrogen and oxygen atoms in total. The van der Waals surface area contributed by atoms with E-state index in [4.69, 9.17) is 0 Å². The molecule has 19 heavy (non-hydrogen) atoms. The minimum absolute atomic E-state index is 0.600. The Kier molecular flexibility index (Phi) is 8.07. The highest BCUT2D eigenvalue weighted by molar-refractivity contribution is 9.10. The van der Waals surface area contributed by atoms with E-state index >= 15 is 0 Å². The van der Waals surface area contributed by atoms with Gasteiger partial charge in [-0.3, -0.25) is 4.90 Å². The standard InChI is InChI=1S/C15H25BrN2S/c1-5-17-9-13-6-7-14(15(16)8-13)10-18(3)12(2)11-19-4/h6-8,12,17H,5,9-11H2,1-4H3. The first kappa shape index (κ1) is 17.0. The maximum atomic E-state index is 3.70. The molecule has 1 N–H and O–H groups in total. The van der Waals surface area contributed by atoms with Gasteiger partial charge in [-0.2, -0.15) is 11.8 Å². The molecule has 0 saturated heterocycles. The number of rotatable bonds is 8. The summed E-state index contributed by atoms with van der Waals surface area (Å²) in [5, 5.41) is 3.35. The van der Waals surface area contributed by atoms with Crippen molar-refractivity contribution in [1.82, 2.24) is 10.2 Å². The lowest BCUT2D eigenvalue weighted by molar-refractivity contribution is 0.269. The molecule has 0 aliphatic heterocycles. The van der Waals surface area contributed by atoms with Crippen LogP contribution in [0.15, 0.2) is 22.7 Å². The van der Waals surface area contributed by atoms with Gasteiger partial charge in [-0.25, -0.2) is 0 Å². The Bertz CT molecular complexity index is 384. The first-order valence-corrected chi connectivity index (χ1v) is 8.94. The fourth-order valence-corrected chi connectivity index (χ4v) is 3.18. The molecule has 0 amide bonds. The van der Waals surface area contributed by atoms with E-state index in [0.717, 1.165) is 19.6 Å². The van der Waals surface area contributed by atoms with Crippen molar-refractivity contribution in [3.63, 3.8) is 0 Å². The predicted octanol–water partition coefficient (Wildman–Crippen LogP) is 3.74. The van der Waals surface area contributed by atoms with Crippen LogP contribution in [0.25, 0.3) is 0 Å². The summed E-state index contributed by atoms with van der Waals surface area (Å²) in [6.07, 6.45) is 2.16. The quantitative estimate of drug-likeness (QED) is 0.773. The van der Waals surface area contributed by atoms with Gasteiger partial charge >= 0.3 is 0 Å². The van der Waals surface area contributed by atoms with Crippen molar-refractivity contribution in [2.24, 2.45) is 0 Å². The summed E-state index contributed by atoms with van der Waals surface area (Å²) in [4.78, 5) is 2.40. The Labute approximate surface area is 130 Å². The average Bonchev–Trinajstić information content (AvgIpc) is 2.39. The molecular formula is C15H25BrN2S. The van der Waals surface area contributed by atoms with Crippen molar-refractivity contribution in [2.75, 3.05) is 25.6 Å². The van der Waals surface area contributed by atoms with Crippen LogP contribution in [0.3, 0.4) is 0 Å². The van der Waals surface area contributed by atoms with Crippen molar-refractivity contribution < 1.29 is 0 Å². The smallest absolute Gasteiger partial charge is 0.0245 e. The van der Waals surface area contributed by atoms with E-state index in [1.807, 2.05) is 11.8 Å². The highest BCUT2D eigenvalue weighted by Crippen LogP contribution is 2.21.